The van der Waals surface area contributed by atoms with Crippen molar-refractivity contribution in [2.45, 2.75) is 12.5 Å². The van der Waals surface area contributed by atoms with Gasteiger partial charge in [-0.2, -0.15) is 0 Å². The number of rotatable bonds is 7. The van der Waals surface area contributed by atoms with Crippen LogP contribution < -0.4 is 10.6 Å². The summed E-state index contributed by atoms with van der Waals surface area (Å²) in [7, 11) is -1.65. The van der Waals surface area contributed by atoms with Gasteiger partial charge in [0.25, 0.3) is 0 Å². The van der Waals surface area contributed by atoms with Gasteiger partial charge in [-0.25, -0.2) is 4.39 Å². The van der Waals surface area contributed by atoms with E-state index in [0.29, 0.717) is 12.3 Å². The van der Waals surface area contributed by atoms with E-state index in [4.69, 9.17) is 4.74 Å². The number of carbonyl (C=O) groups excluding carboxylic acids is 2. The summed E-state index contributed by atoms with van der Waals surface area (Å²) < 4.78 is 30.6. The van der Waals surface area contributed by atoms with E-state index in [1.54, 1.807) is 0 Å². The van der Waals surface area contributed by atoms with Crippen molar-refractivity contribution in [3.63, 3.8) is 0 Å². The fraction of sp³-hybridized carbons (Fsp3) is 0.300. The minimum atomic E-state index is -1.65. The van der Waals surface area contributed by atoms with Crippen molar-refractivity contribution in [1.29, 1.82) is 0 Å². The molecule has 2 aromatic carbocycles. The summed E-state index contributed by atoms with van der Waals surface area (Å²) in [5.74, 6) is -1.90. The van der Waals surface area contributed by atoms with Gasteiger partial charge in [-0.3, -0.25) is 13.8 Å². The third-order valence-corrected chi connectivity index (χ3v) is 5.46. The molecule has 0 saturated carbocycles. The predicted molar refractivity (Wildman–Crippen MR) is 105 cm³/mol. The maximum atomic E-state index is 12.9. The summed E-state index contributed by atoms with van der Waals surface area (Å²) in [6.45, 7) is 0.877. The van der Waals surface area contributed by atoms with Crippen LogP contribution in [0.4, 0.5) is 10.1 Å². The molecule has 3 rings (SSSR count). The Morgan fingerprint density at radius 2 is 1.79 bits per heavy atom. The lowest BCUT2D eigenvalue weighted by Gasteiger charge is -2.26. The van der Waals surface area contributed by atoms with E-state index in [2.05, 4.69) is 10.6 Å². The first-order valence-corrected chi connectivity index (χ1v) is 10.4. The number of hydrogen-bond donors (Lipinski definition) is 2. The Labute approximate surface area is 164 Å². The molecule has 28 heavy (non-hydrogen) atoms. The second kappa shape index (κ2) is 9.57. The van der Waals surface area contributed by atoms with Gasteiger partial charge in [0.15, 0.2) is 0 Å². The third-order valence-electron chi connectivity index (χ3n) is 4.29. The maximum Gasteiger partial charge on any atom is 0.237 e. The zero-order valence-electron chi connectivity index (χ0n) is 15.2. The highest BCUT2D eigenvalue weighted by molar-refractivity contribution is 7.86. The number of anilines is 1. The van der Waals surface area contributed by atoms with Crippen LogP contribution >= 0.6 is 0 Å². The van der Waals surface area contributed by atoms with E-state index in [0.717, 1.165) is 12.0 Å². The van der Waals surface area contributed by atoms with Gasteiger partial charge < -0.3 is 15.4 Å². The first-order chi connectivity index (χ1) is 13.5. The van der Waals surface area contributed by atoms with Crippen LogP contribution in [-0.4, -0.2) is 40.7 Å². The van der Waals surface area contributed by atoms with Crippen molar-refractivity contribution < 1.29 is 22.9 Å². The standard InChI is InChI=1S/C20H21FN2O4S/c21-15-5-7-16(8-6-15)23-20(25)13-28(26)12-19(24)22-11-18-17-4-2-1-3-14(17)9-10-27-18/h1-8,18H,9-13H2,(H,22,24)(H,23,25)/t18-,28+/m0/s1. The zero-order chi connectivity index (χ0) is 19.9. The van der Waals surface area contributed by atoms with Crippen LogP contribution in [0, 0.1) is 5.82 Å². The highest BCUT2D eigenvalue weighted by Gasteiger charge is 2.21. The molecule has 2 N–H and O–H groups in total. The quantitative estimate of drug-likeness (QED) is 0.739. The predicted octanol–water partition coefficient (Wildman–Crippen LogP) is 1.94. The van der Waals surface area contributed by atoms with Gasteiger partial charge in [-0.15, -0.1) is 0 Å². The average molecular weight is 404 g/mol. The van der Waals surface area contributed by atoms with Crippen molar-refractivity contribution in [1.82, 2.24) is 5.32 Å². The Balaban J connectivity index is 1.43. The second-order valence-electron chi connectivity index (χ2n) is 6.40. The van der Waals surface area contributed by atoms with Crippen molar-refractivity contribution in [3.8, 4) is 0 Å². The van der Waals surface area contributed by atoms with Crippen LogP contribution in [0.1, 0.15) is 17.2 Å². The fourth-order valence-electron chi connectivity index (χ4n) is 2.98. The zero-order valence-corrected chi connectivity index (χ0v) is 16.0. The summed E-state index contributed by atoms with van der Waals surface area (Å²) in [4.78, 5) is 23.9. The summed E-state index contributed by atoms with van der Waals surface area (Å²) in [6.07, 6.45) is 0.609. The van der Waals surface area contributed by atoms with E-state index in [1.807, 2.05) is 24.3 Å². The van der Waals surface area contributed by atoms with E-state index in [9.17, 15) is 18.2 Å². The fourth-order valence-corrected chi connectivity index (χ4v) is 3.84. The van der Waals surface area contributed by atoms with Crippen molar-refractivity contribution in [2.24, 2.45) is 0 Å². The minimum absolute atomic E-state index is 0.232. The molecule has 0 saturated heterocycles. The molecule has 1 heterocycles. The molecule has 2 aromatic rings. The van der Waals surface area contributed by atoms with Crippen LogP contribution in [0.2, 0.25) is 0 Å². The van der Waals surface area contributed by atoms with Crippen molar-refractivity contribution in [3.05, 3.63) is 65.5 Å². The Morgan fingerprint density at radius 1 is 1.07 bits per heavy atom. The molecule has 0 spiro atoms. The Kier molecular flexibility index (Phi) is 6.89. The molecule has 0 bridgehead atoms. The highest BCUT2D eigenvalue weighted by atomic mass is 32.2. The summed E-state index contributed by atoms with van der Waals surface area (Å²) in [5, 5.41) is 5.24. The number of nitrogens with one attached hydrogen (secondary N) is 2. The molecule has 0 unspecified atom stereocenters. The van der Waals surface area contributed by atoms with Crippen LogP contribution in [0.15, 0.2) is 48.5 Å². The van der Waals surface area contributed by atoms with E-state index < -0.39 is 28.4 Å². The molecule has 1 aliphatic heterocycles. The van der Waals surface area contributed by atoms with Crippen molar-refractivity contribution in [2.75, 3.05) is 30.0 Å². The third kappa shape index (κ3) is 5.71. The Bertz CT molecular complexity index is 873. The molecule has 1 aliphatic rings. The molecule has 148 valence electrons. The molecular formula is C20H21FN2O4S. The molecule has 8 heteroatoms. The molecule has 2 amide bonds. The van der Waals surface area contributed by atoms with Gasteiger partial charge in [0.2, 0.25) is 11.8 Å². The van der Waals surface area contributed by atoms with Gasteiger partial charge in [0.05, 0.1) is 6.61 Å². The van der Waals surface area contributed by atoms with Gasteiger partial charge in [-0.1, -0.05) is 24.3 Å². The molecule has 0 aliphatic carbocycles. The first-order valence-electron chi connectivity index (χ1n) is 8.88. The van der Waals surface area contributed by atoms with Gasteiger partial charge >= 0.3 is 0 Å². The topological polar surface area (TPSA) is 84.5 Å². The summed E-state index contributed by atoms with van der Waals surface area (Å²) in [5.41, 5.74) is 2.66. The summed E-state index contributed by atoms with van der Waals surface area (Å²) >= 11 is 0. The van der Waals surface area contributed by atoms with Crippen LogP contribution in [0.5, 0.6) is 0 Å². The van der Waals surface area contributed by atoms with E-state index in [-0.39, 0.29) is 24.2 Å². The molecule has 0 fully saturated rings. The SMILES string of the molecule is O=C(C[S@@](=O)CC(=O)Nc1ccc(F)cc1)NC[C@@H]1OCCc2ccccc21. The Hall–Kier alpha value is -2.58. The lowest BCUT2D eigenvalue weighted by atomic mass is 9.97. The summed E-state index contributed by atoms with van der Waals surface area (Å²) in [6, 6.07) is 13.2. The van der Waals surface area contributed by atoms with Gasteiger partial charge in [0.1, 0.15) is 23.4 Å². The number of amides is 2. The van der Waals surface area contributed by atoms with Gasteiger partial charge in [-0.05, 0) is 41.8 Å². The normalized spacial score (nSPS) is 16.7. The smallest absolute Gasteiger partial charge is 0.237 e. The highest BCUT2D eigenvalue weighted by Crippen LogP contribution is 2.26. The Morgan fingerprint density at radius 3 is 2.57 bits per heavy atom. The monoisotopic (exact) mass is 404 g/mol. The lowest BCUT2D eigenvalue weighted by Crippen LogP contribution is -2.35. The molecule has 0 aromatic heterocycles. The minimum Gasteiger partial charge on any atom is -0.371 e. The second-order valence-corrected chi connectivity index (χ2v) is 7.85. The molecule has 0 radical (unpaired) electrons. The number of benzene rings is 2. The molecule has 6 nitrogen and oxygen atoms in total. The number of ether oxygens (including phenoxy) is 1. The van der Waals surface area contributed by atoms with E-state index in [1.165, 1.54) is 29.8 Å². The number of halogens is 1. The number of hydrogen-bond acceptors (Lipinski definition) is 4. The lowest BCUT2D eigenvalue weighted by molar-refractivity contribution is -0.119. The van der Waals surface area contributed by atoms with Crippen molar-refractivity contribution >= 4 is 28.3 Å². The molecular weight excluding hydrogens is 383 g/mol. The maximum absolute atomic E-state index is 12.9. The van der Waals surface area contributed by atoms with Gasteiger partial charge in [0, 0.05) is 23.0 Å². The first kappa shape index (κ1) is 20.2. The molecule has 2 atom stereocenters. The van der Waals surface area contributed by atoms with Crippen LogP contribution in [0.3, 0.4) is 0 Å². The van der Waals surface area contributed by atoms with Crippen LogP contribution in [-0.2, 0) is 31.5 Å². The van der Waals surface area contributed by atoms with Crippen LogP contribution in [0.25, 0.3) is 0 Å². The van der Waals surface area contributed by atoms with E-state index >= 15 is 0 Å². The largest absolute Gasteiger partial charge is 0.371 e. The number of fused-ring (bicyclic) bond motifs is 1. The average Bonchev–Trinajstić information content (AvgIpc) is 2.68. The number of carbonyl (C=O) groups is 2.